The topological polar surface area (TPSA) is 0 Å². The van der Waals surface area contributed by atoms with Crippen molar-refractivity contribution >= 4 is 12.6 Å². The Morgan fingerprint density at radius 1 is 1.57 bits per heavy atom. The maximum absolute atomic E-state index is 4.11. The average molecular weight is 118 g/mol. The Hall–Kier alpha value is 0.350. The minimum Gasteiger partial charge on any atom is -0.179 e. The normalized spacial score (nSPS) is 14.1. The first-order chi connectivity index (χ1) is 3.31. The lowest BCUT2D eigenvalue weighted by Gasteiger charge is -2.02. The smallest absolute Gasteiger partial charge is 0.00954 e. The van der Waals surface area contributed by atoms with E-state index in [2.05, 4.69) is 26.5 Å². The molecule has 1 unspecified atom stereocenters. The Kier molecular flexibility index (Phi) is 4.73. The van der Waals surface area contributed by atoms with Crippen molar-refractivity contribution in [3.63, 3.8) is 0 Å². The van der Waals surface area contributed by atoms with E-state index in [1.165, 1.54) is 12.8 Å². The van der Waals surface area contributed by atoms with Gasteiger partial charge in [-0.3, -0.25) is 0 Å². The molecule has 0 aliphatic carbocycles. The van der Waals surface area contributed by atoms with Gasteiger partial charge in [0, 0.05) is 0 Å². The Balaban J connectivity index is 2.83. The minimum absolute atomic E-state index is 0.873. The molecule has 0 bridgehead atoms. The van der Waals surface area contributed by atoms with Crippen molar-refractivity contribution < 1.29 is 0 Å². The molecule has 0 amide bonds. The molecule has 7 heavy (non-hydrogen) atoms. The molecule has 1 atom stereocenters. The van der Waals surface area contributed by atoms with Crippen molar-refractivity contribution in [1.82, 2.24) is 0 Å². The molecule has 0 radical (unpaired) electrons. The standard InChI is InChI=1S/C6H14S/c1-3-6(2)4-5-7/h6-7H,3-5H2,1-2H3. The van der Waals surface area contributed by atoms with Gasteiger partial charge in [-0.25, -0.2) is 0 Å². The van der Waals surface area contributed by atoms with Crippen LogP contribution in [0.15, 0.2) is 0 Å². The maximum atomic E-state index is 4.11. The van der Waals surface area contributed by atoms with Crippen LogP contribution in [0.25, 0.3) is 0 Å². The molecule has 0 aliphatic heterocycles. The summed E-state index contributed by atoms with van der Waals surface area (Å²) in [6, 6.07) is 0. The second kappa shape index (κ2) is 4.51. The van der Waals surface area contributed by atoms with Crippen LogP contribution in [0.5, 0.6) is 0 Å². The van der Waals surface area contributed by atoms with E-state index in [1.54, 1.807) is 0 Å². The fourth-order valence-corrected chi connectivity index (χ4v) is 0.865. The van der Waals surface area contributed by atoms with Gasteiger partial charge in [-0.15, -0.1) is 0 Å². The molecule has 0 saturated heterocycles. The summed E-state index contributed by atoms with van der Waals surface area (Å²) in [6.07, 6.45) is 2.56. The van der Waals surface area contributed by atoms with Crippen molar-refractivity contribution in [1.29, 1.82) is 0 Å². The molecule has 0 aromatic rings. The fourth-order valence-electron chi connectivity index (χ4n) is 0.425. The first-order valence-corrected chi connectivity index (χ1v) is 3.55. The molecule has 0 saturated carbocycles. The summed E-state index contributed by atoms with van der Waals surface area (Å²) in [6.45, 7) is 4.48. The molecule has 0 aliphatic rings. The van der Waals surface area contributed by atoms with Crippen molar-refractivity contribution in [2.24, 2.45) is 5.92 Å². The van der Waals surface area contributed by atoms with Gasteiger partial charge in [-0.2, -0.15) is 12.6 Å². The van der Waals surface area contributed by atoms with Crippen LogP contribution in [0, 0.1) is 5.92 Å². The molecule has 1 heteroatoms. The summed E-state index contributed by atoms with van der Waals surface area (Å²) in [5.41, 5.74) is 0. The fraction of sp³-hybridized carbons (Fsp3) is 1.00. The van der Waals surface area contributed by atoms with Crippen molar-refractivity contribution in [3.05, 3.63) is 0 Å². The van der Waals surface area contributed by atoms with Gasteiger partial charge >= 0.3 is 0 Å². The van der Waals surface area contributed by atoms with Crippen LogP contribution in [-0.4, -0.2) is 5.75 Å². The lowest BCUT2D eigenvalue weighted by atomic mass is 10.1. The van der Waals surface area contributed by atoms with E-state index < -0.39 is 0 Å². The number of hydrogen-bond donors (Lipinski definition) is 1. The summed E-state index contributed by atoms with van der Waals surface area (Å²) in [5, 5.41) is 0. The van der Waals surface area contributed by atoms with Crippen molar-refractivity contribution in [2.75, 3.05) is 5.75 Å². The largest absolute Gasteiger partial charge is 0.179 e. The molecule has 0 aromatic heterocycles. The predicted octanol–water partition coefficient (Wildman–Crippen LogP) is 2.35. The Labute approximate surface area is 51.7 Å². The molecule has 0 fully saturated rings. The molecule has 0 rings (SSSR count). The maximum Gasteiger partial charge on any atom is -0.00954 e. The third-order valence-corrected chi connectivity index (χ3v) is 1.58. The first-order valence-electron chi connectivity index (χ1n) is 2.92. The number of rotatable bonds is 3. The number of hydrogen-bond acceptors (Lipinski definition) is 1. The van der Waals surface area contributed by atoms with Crippen LogP contribution in [0.3, 0.4) is 0 Å². The van der Waals surface area contributed by atoms with Gasteiger partial charge in [0.05, 0.1) is 0 Å². The van der Waals surface area contributed by atoms with E-state index in [4.69, 9.17) is 0 Å². The lowest BCUT2D eigenvalue weighted by Crippen LogP contribution is -1.90. The zero-order valence-electron chi connectivity index (χ0n) is 5.15. The van der Waals surface area contributed by atoms with Crippen LogP contribution < -0.4 is 0 Å². The van der Waals surface area contributed by atoms with Gasteiger partial charge in [0.15, 0.2) is 0 Å². The highest BCUT2D eigenvalue weighted by Gasteiger charge is 1.93. The second-order valence-corrected chi connectivity index (χ2v) is 2.47. The molecular weight excluding hydrogens is 104 g/mol. The second-order valence-electron chi connectivity index (χ2n) is 2.03. The van der Waals surface area contributed by atoms with E-state index in [0.717, 1.165) is 11.7 Å². The molecule has 0 N–H and O–H groups in total. The Morgan fingerprint density at radius 2 is 2.14 bits per heavy atom. The van der Waals surface area contributed by atoms with Crippen LogP contribution in [-0.2, 0) is 0 Å². The zero-order valence-corrected chi connectivity index (χ0v) is 6.04. The predicted molar refractivity (Wildman–Crippen MR) is 37.9 cm³/mol. The molecule has 0 aromatic carbocycles. The van der Waals surface area contributed by atoms with E-state index in [1.807, 2.05) is 0 Å². The molecule has 0 heterocycles. The highest BCUT2D eigenvalue weighted by Crippen LogP contribution is 2.05. The van der Waals surface area contributed by atoms with Gasteiger partial charge < -0.3 is 0 Å². The summed E-state index contributed by atoms with van der Waals surface area (Å²) < 4.78 is 0. The van der Waals surface area contributed by atoms with Crippen LogP contribution >= 0.6 is 12.6 Å². The summed E-state index contributed by atoms with van der Waals surface area (Å²) in [5.74, 6) is 1.91. The van der Waals surface area contributed by atoms with E-state index in [-0.39, 0.29) is 0 Å². The van der Waals surface area contributed by atoms with Crippen molar-refractivity contribution in [2.45, 2.75) is 26.7 Å². The quantitative estimate of drug-likeness (QED) is 0.540. The van der Waals surface area contributed by atoms with E-state index in [0.29, 0.717) is 0 Å². The van der Waals surface area contributed by atoms with Crippen LogP contribution in [0.2, 0.25) is 0 Å². The van der Waals surface area contributed by atoms with Gasteiger partial charge in [-0.1, -0.05) is 20.3 Å². The lowest BCUT2D eigenvalue weighted by molar-refractivity contribution is 0.549. The van der Waals surface area contributed by atoms with Crippen molar-refractivity contribution in [3.8, 4) is 0 Å². The highest BCUT2D eigenvalue weighted by atomic mass is 32.1. The van der Waals surface area contributed by atoms with Gasteiger partial charge in [-0.05, 0) is 18.1 Å². The van der Waals surface area contributed by atoms with Gasteiger partial charge in [0.1, 0.15) is 0 Å². The zero-order chi connectivity index (χ0) is 5.70. The minimum atomic E-state index is 0.873. The van der Waals surface area contributed by atoms with Gasteiger partial charge in [0.2, 0.25) is 0 Å². The molecular formula is C6H14S. The molecule has 44 valence electrons. The Morgan fingerprint density at radius 3 is 2.29 bits per heavy atom. The van der Waals surface area contributed by atoms with E-state index in [9.17, 15) is 0 Å². The molecule has 0 spiro atoms. The third-order valence-electron chi connectivity index (χ3n) is 1.32. The molecule has 0 nitrogen and oxygen atoms in total. The highest BCUT2D eigenvalue weighted by molar-refractivity contribution is 7.80. The summed E-state index contributed by atoms with van der Waals surface area (Å²) in [4.78, 5) is 0. The summed E-state index contributed by atoms with van der Waals surface area (Å²) in [7, 11) is 0. The SMILES string of the molecule is CCC(C)CCS. The van der Waals surface area contributed by atoms with Crippen LogP contribution in [0.4, 0.5) is 0 Å². The average Bonchev–Trinajstić information content (AvgIpc) is 1.68. The summed E-state index contributed by atoms with van der Waals surface area (Å²) >= 11 is 4.11. The van der Waals surface area contributed by atoms with E-state index >= 15 is 0 Å². The number of thiol groups is 1. The van der Waals surface area contributed by atoms with Gasteiger partial charge in [0.25, 0.3) is 0 Å². The first kappa shape index (κ1) is 7.35. The monoisotopic (exact) mass is 118 g/mol. The third kappa shape index (κ3) is 4.20. The Bertz CT molecular complexity index is 35.2. The van der Waals surface area contributed by atoms with Crippen LogP contribution in [0.1, 0.15) is 26.7 Å².